The molecule has 0 aliphatic carbocycles. The van der Waals surface area contributed by atoms with E-state index in [1.807, 2.05) is 74.5 Å². The minimum Gasteiger partial charge on any atom is -0.483 e. The second-order valence-corrected chi connectivity index (χ2v) is 7.52. The van der Waals surface area contributed by atoms with Gasteiger partial charge in [-0.3, -0.25) is 4.79 Å². The van der Waals surface area contributed by atoms with Crippen LogP contribution in [0.15, 0.2) is 66.7 Å². The number of nitrogens with one attached hydrogen (secondary N) is 2. The highest BCUT2D eigenvalue weighted by atomic mass is 16.5. The van der Waals surface area contributed by atoms with Gasteiger partial charge in [0.2, 0.25) is 0 Å². The number of benzene rings is 3. The molecule has 2 N–H and O–H groups in total. The van der Waals surface area contributed by atoms with E-state index < -0.39 is 0 Å². The number of hydrogen-bond donors (Lipinski definition) is 2. The first-order chi connectivity index (χ1) is 15.5. The van der Waals surface area contributed by atoms with Crippen LogP contribution in [0.2, 0.25) is 0 Å². The summed E-state index contributed by atoms with van der Waals surface area (Å²) < 4.78 is 5.75. The smallest absolute Gasteiger partial charge is 0.262 e. The van der Waals surface area contributed by atoms with Crippen LogP contribution in [-0.4, -0.2) is 22.5 Å². The second-order valence-electron chi connectivity index (χ2n) is 7.52. The lowest BCUT2D eigenvalue weighted by atomic mass is 10.1. The van der Waals surface area contributed by atoms with Gasteiger partial charge in [0.05, 0.1) is 16.6 Å². The van der Waals surface area contributed by atoms with E-state index in [2.05, 4.69) is 21.4 Å². The molecule has 158 valence electrons. The van der Waals surface area contributed by atoms with E-state index in [9.17, 15) is 10.1 Å². The number of anilines is 1. The number of ether oxygens (including phenoxy) is 1. The molecular formula is C26H22N4O2. The molecule has 3 aromatic carbocycles. The summed E-state index contributed by atoms with van der Waals surface area (Å²) in [5.41, 5.74) is 5.67. The van der Waals surface area contributed by atoms with Crippen molar-refractivity contribution >= 4 is 34.3 Å². The molecule has 0 aliphatic heterocycles. The van der Waals surface area contributed by atoms with Gasteiger partial charge in [-0.05, 0) is 55.8 Å². The van der Waals surface area contributed by atoms with Crippen molar-refractivity contribution in [2.24, 2.45) is 0 Å². The molecule has 4 rings (SSSR count). The average molecular weight is 422 g/mol. The molecule has 1 aromatic heterocycles. The van der Waals surface area contributed by atoms with Gasteiger partial charge in [0.25, 0.3) is 5.91 Å². The van der Waals surface area contributed by atoms with E-state index in [0.29, 0.717) is 28.4 Å². The predicted molar refractivity (Wildman–Crippen MR) is 126 cm³/mol. The molecule has 1 amide bonds. The third-order valence-electron chi connectivity index (χ3n) is 4.93. The Morgan fingerprint density at radius 2 is 1.84 bits per heavy atom. The van der Waals surface area contributed by atoms with Gasteiger partial charge in [0.15, 0.2) is 6.61 Å². The van der Waals surface area contributed by atoms with Crippen LogP contribution in [0.3, 0.4) is 0 Å². The highest BCUT2D eigenvalue weighted by Crippen LogP contribution is 2.25. The van der Waals surface area contributed by atoms with Gasteiger partial charge in [-0.15, -0.1) is 0 Å². The van der Waals surface area contributed by atoms with E-state index >= 15 is 0 Å². The van der Waals surface area contributed by atoms with Crippen molar-refractivity contribution in [3.8, 4) is 11.8 Å². The summed E-state index contributed by atoms with van der Waals surface area (Å²) in [5.74, 6) is 0.729. The van der Waals surface area contributed by atoms with Crippen molar-refractivity contribution in [3.63, 3.8) is 0 Å². The monoisotopic (exact) mass is 422 g/mol. The number of allylic oxidation sites excluding steroid dienone is 1. The van der Waals surface area contributed by atoms with Crippen LogP contribution >= 0.6 is 0 Å². The lowest BCUT2D eigenvalue weighted by molar-refractivity contribution is -0.118. The normalized spacial score (nSPS) is 11.2. The number of rotatable bonds is 6. The van der Waals surface area contributed by atoms with Gasteiger partial charge < -0.3 is 15.0 Å². The van der Waals surface area contributed by atoms with Crippen LogP contribution in [0, 0.1) is 25.2 Å². The van der Waals surface area contributed by atoms with Gasteiger partial charge in [0.1, 0.15) is 17.6 Å². The van der Waals surface area contributed by atoms with Gasteiger partial charge in [-0.2, -0.15) is 5.26 Å². The number of imidazole rings is 1. The maximum absolute atomic E-state index is 12.3. The number of para-hydroxylation sites is 1. The Morgan fingerprint density at radius 1 is 1.09 bits per heavy atom. The first-order valence-corrected chi connectivity index (χ1v) is 10.2. The fourth-order valence-electron chi connectivity index (χ4n) is 3.27. The summed E-state index contributed by atoms with van der Waals surface area (Å²) in [4.78, 5) is 20.0. The largest absolute Gasteiger partial charge is 0.483 e. The first kappa shape index (κ1) is 20.9. The van der Waals surface area contributed by atoms with Crippen molar-refractivity contribution < 1.29 is 9.53 Å². The Labute approximate surface area is 186 Å². The number of carbonyl (C=O) groups is 1. The summed E-state index contributed by atoms with van der Waals surface area (Å²) in [6, 6.07) is 22.9. The number of aryl methyl sites for hydroxylation is 2. The number of aromatic amines is 1. The van der Waals surface area contributed by atoms with Crippen molar-refractivity contribution in [2.75, 3.05) is 11.9 Å². The van der Waals surface area contributed by atoms with Gasteiger partial charge in [-0.25, -0.2) is 4.98 Å². The number of nitrogens with zero attached hydrogens (tertiary/aromatic N) is 2. The molecule has 0 saturated heterocycles. The van der Waals surface area contributed by atoms with E-state index in [0.717, 1.165) is 22.2 Å². The number of amides is 1. The van der Waals surface area contributed by atoms with Crippen molar-refractivity contribution in [2.45, 2.75) is 13.8 Å². The number of carbonyl (C=O) groups excluding carboxylic acids is 1. The Kier molecular flexibility index (Phi) is 6.00. The topological polar surface area (TPSA) is 90.8 Å². The number of hydrogen-bond acceptors (Lipinski definition) is 4. The van der Waals surface area contributed by atoms with Crippen LogP contribution in [0.25, 0.3) is 22.7 Å². The molecule has 0 spiro atoms. The zero-order chi connectivity index (χ0) is 22.5. The number of nitriles is 1. The summed E-state index contributed by atoms with van der Waals surface area (Å²) in [7, 11) is 0. The Hall–Kier alpha value is -4.37. The van der Waals surface area contributed by atoms with Crippen LogP contribution in [-0.2, 0) is 4.79 Å². The van der Waals surface area contributed by atoms with Crippen LogP contribution < -0.4 is 10.1 Å². The molecule has 6 nitrogen and oxygen atoms in total. The maximum Gasteiger partial charge on any atom is 0.262 e. The molecule has 0 fully saturated rings. The molecule has 0 unspecified atom stereocenters. The molecule has 4 aromatic rings. The summed E-state index contributed by atoms with van der Waals surface area (Å²) in [6.07, 6.45) is 1.71. The molecule has 0 radical (unpaired) electrons. The lowest BCUT2D eigenvalue weighted by Crippen LogP contribution is -2.20. The fraction of sp³-hybridized carbons (Fsp3) is 0.115. The zero-order valence-corrected chi connectivity index (χ0v) is 17.8. The van der Waals surface area contributed by atoms with Crippen LogP contribution in [0.4, 0.5) is 5.69 Å². The quantitative estimate of drug-likeness (QED) is 0.415. The minimum absolute atomic E-state index is 0.148. The van der Waals surface area contributed by atoms with E-state index in [4.69, 9.17) is 4.74 Å². The highest BCUT2D eigenvalue weighted by molar-refractivity contribution is 5.93. The Morgan fingerprint density at radius 3 is 2.62 bits per heavy atom. The van der Waals surface area contributed by atoms with Gasteiger partial charge in [-0.1, -0.05) is 42.0 Å². The molecule has 0 aliphatic rings. The fourth-order valence-corrected chi connectivity index (χ4v) is 3.27. The standard InChI is InChI=1S/C26H22N4O2/c1-17-7-10-21(11-8-17)28-25(31)16-32-24-6-4-3-5-19(24)14-20(15-27)26-29-22-12-9-18(2)13-23(22)30-26/h3-14H,16H2,1-2H3,(H,28,31)(H,29,30)/b20-14-. The van der Waals surface area contributed by atoms with Crippen LogP contribution in [0.1, 0.15) is 22.5 Å². The molecule has 0 bridgehead atoms. The molecule has 6 heteroatoms. The number of H-pyrrole nitrogens is 1. The molecule has 1 heterocycles. The molecule has 0 atom stereocenters. The second kappa shape index (κ2) is 9.19. The number of aromatic nitrogens is 2. The summed E-state index contributed by atoms with van der Waals surface area (Å²) >= 11 is 0. The number of fused-ring (bicyclic) bond motifs is 1. The maximum atomic E-state index is 12.3. The van der Waals surface area contributed by atoms with Gasteiger partial charge >= 0.3 is 0 Å². The SMILES string of the molecule is Cc1ccc(NC(=O)COc2ccccc2/C=C(/C#N)c2nc3ccc(C)cc3[nH]2)cc1. The summed E-state index contributed by atoms with van der Waals surface area (Å²) in [6.45, 7) is 3.84. The minimum atomic E-state index is -0.263. The third kappa shape index (κ3) is 4.85. The average Bonchev–Trinajstić information content (AvgIpc) is 3.21. The molecular weight excluding hydrogens is 400 g/mol. The van der Waals surface area contributed by atoms with Crippen molar-refractivity contribution in [3.05, 3.63) is 89.2 Å². The highest BCUT2D eigenvalue weighted by Gasteiger charge is 2.11. The molecule has 0 saturated carbocycles. The van der Waals surface area contributed by atoms with E-state index in [1.54, 1.807) is 12.1 Å². The van der Waals surface area contributed by atoms with E-state index in [-0.39, 0.29) is 12.5 Å². The first-order valence-electron chi connectivity index (χ1n) is 10.2. The zero-order valence-electron chi connectivity index (χ0n) is 17.8. The summed E-state index contributed by atoms with van der Waals surface area (Å²) in [5, 5.41) is 12.5. The molecule has 32 heavy (non-hydrogen) atoms. The predicted octanol–water partition coefficient (Wildman–Crippen LogP) is 5.26. The van der Waals surface area contributed by atoms with Crippen molar-refractivity contribution in [1.29, 1.82) is 5.26 Å². The third-order valence-corrected chi connectivity index (χ3v) is 4.93. The Balaban J connectivity index is 1.52. The van der Waals surface area contributed by atoms with Crippen LogP contribution in [0.5, 0.6) is 5.75 Å². The Bertz CT molecular complexity index is 1340. The van der Waals surface area contributed by atoms with Crippen molar-refractivity contribution in [1.82, 2.24) is 9.97 Å². The van der Waals surface area contributed by atoms with Gasteiger partial charge in [0, 0.05) is 11.3 Å². The van der Waals surface area contributed by atoms with E-state index in [1.165, 1.54) is 0 Å². The lowest BCUT2D eigenvalue weighted by Gasteiger charge is -2.10.